The summed E-state index contributed by atoms with van der Waals surface area (Å²) in [4.78, 5) is 12.8. The Morgan fingerprint density at radius 3 is 2.44 bits per heavy atom. The fraction of sp³-hybridized carbons (Fsp3) is 0.182. The number of amides is 1. The summed E-state index contributed by atoms with van der Waals surface area (Å²) in [5, 5.41) is 0. The molecule has 0 aromatic heterocycles. The van der Waals surface area contributed by atoms with Gasteiger partial charge in [-0.2, -0.15) is 0 Å². The third-order valence-electron chi connectivity index (χ3n) is 2.03. The van der Waals surface area contributed by atoms with Crippen LogP contribution in [0.15, 0.2) is 24.8 Å². The quantitative estimate of drug-likeness (QED) is 0.631. The molecule has 0 aliphatic rings. The Hall–Kier alpha value is -1.91. The lowest BCUT2D eigenvalue weighted by Gasteiger charge is -2.15. The Morgan fingerprint density at radius 1 is 1.50 bits per heavy atom. The fourth-order valence-electron chi connectivity index (χ4n) is 1.26. The van der Waals surface area contributed by atoms with Crippen LogP contribution in [0.5, 0.6) is 0 Å². The molecule has 0 bridgehead atoms. The minimum Gasteiger partial charge on any atom is -0.399 e. The molecule has 0 saturated carbocycles. The summed E-state index contributed by atoms with van der Waals surface area (Å²) < 4.78 is 26.7. The van der Waals surface area contributed by atoms with Crippen LogP contribution in [-0.2, 0) is 0 Å². The van der Waals surface area contributed by atoms with Gasteiger partial charge in [-0.3, -0.25) is 4.79 Å². The largest absolute Gasteiger partial charge is 0.399 e. The van der Waals surface area contributed by atoms with Gasteiger partial charge in [0.05, 0.1) is 0 Å². The molecule has 2 N–H and O–H groups in total. The molecule has 0 unspecified atom stereocenters. The number of likely N-dealkylation sites (N-methyl/N-ethyl adjacent to an activating group) is 1. The topological polar surface area (TPSA) is 46.3 Å². The van der Waals surface area contributed by atoms with Crippen molar-refractivity contribution in [1.82, 2.24) is 4.90 Å². The van der Waals surface area contributed by atoms with E-state index < -0.39 is 23.1 Å². The van der Waals surface area contributed by atoms with Crippen molar-refractivity contribution in [2.24, 2.45) is 0 Å². The average Bonchev–Trinajstić information content (AvgIpc) is 2.16. The van der Waals surface area contributed by atoms with E-state index in [4.69, 9.17) is 5.73 Å². The number of hydrogen-bond donors (Lipinski definition) is 1. The Labute approximate surface area is 92.2 Å². The van der Waals surface area contributed by atoms with Gasteiger partial charge in [-0.15, -0.1) is 6.58 Å². The molecule has 0 spiro atoms. The van der Waals surface area contributed by atoms with Gasteiger partial charge in [-0.1, -0.05) is 6.08 Å². The minimum atomic E-state index is -0.960. The third kappa shape index (κ3) is 2.36. The molecular weight excluding hydrogens is 214 g/mol. The second kappa shape index (κ2) is 4.74. The Morgan fingerprint density at radius 2 is 2.00 bits per heavy atom. The van der Waals surface area contributed by atoms with Crippen LogP contribution in [0.1, 0.15) is 10.4 Å². The van der Waals surface area contributed by atoms with Crippen molar-refractivity contribution in [3.8, 4) is 0 Å². The minimum absolute atomic E-state index is 0.0575. The zero-order valence-corrected chi connectivity index (χ0v) is 8.84. The maximum atomic E-state index is 13.4. The molecule has 1 amide bonds. The van der Waals surface area contributed by atoms with Crippen LogP contribution in [-0.4, -0.2) is 24.4 Å². The van der Waals surface area contributed by atoms with E-state index >= 15 is 0 Å². The van der Waals surface area contributed by atoms with E-state index in [-0.39, 0.29) is 12.2 Å². The van der Waals surface area contributed by atoms with Crippen LogP contribution < -0.4 is 5.73 Å². The van der Waals surface area contributed by atoms with Gasteiger partial charge in [0.2, 0.25) is 0 Å². The molecule has 0 fully saturated rings. The monoisotopic (exact) mass is 226 g/mol. The van der Waals surface area contributed by atoms with E-state index in [1.165, 1.54) is 13.1 Å². The van der Waals surface area contributed by atoms with Crippen molar-refractivity contribution >= 4 is 11.6 Å². The number of rotatable bonds is 3. The molecule has 1 aromatic carbocycles. The summed E-state index contributed by atoms with van der Waals surface area (Å²) in [5.41, 5.74) is 4.59. The van der Waals surface area contributed by atoms with Gasteiger partial charge in [-0.25, -0.2) is 8.78 Å². The van der Waals surface area contributed by atoms with Crippen LogP contribution in [0.3, 0.4) is 0 Å². The molecule has 0 radical (unpaired) electrons. The third-order valence-corrected chi connectivity index (χ3v) is 2.03. The molecule has 1 rings (SSSR count). The number of nitrogens with zero attached hydrogens (tertiary/aromatic N) is 1. The highest BCUT2D eigenvalue weighted by Crippen LogP contribution is 2.18. The Balaban J connectivity index is 3.13. The Kier molecular flexibility index (Phi) is 3.60. The summed E-state index contributed by atoms with van der Waals surface area (Å²) in [6.07, 6.45) is 1.46. The first-order valence-corrected chi connectivity index (χ1v) is 4.58. The maximum absolute atomic E-state index is 13.4. The van der Waals surface area contributed by atoms with Crippen LogP contribution in [0.2, 0.25) is 0 Å². The number of carbonyl (C=O) groups is 1. The normalized spacial score (nSPS) is 9.94. The lowest BCUT2D eigenvalue weighted by Crippen LogP contribution is -2.28. The van der Waals surface area contributed by atoms with E-state index in [2.05, 4.69) is 6.58 Å². The van der Waals surface area contributed by atoms with E-state index in [1.54, 1.807) is 0 Å². The highest BCUT2D eigenvalue weighted by Gasteiger charge is 2.20. The first-order valence-electron chi connectivity index (χ1n) is 4.58. The van der Waals surface area contributed by atoms with Crippen molar-refractivity contribution in [2.75, 3.05) is 19.3 Å². The molecule has 0 atom stereocenters. The number of carbonyl (C=O) groups excluding carboxylic acids is 1. The molecule has 0 saturated heterocycles. The summed E-state index contributed by atoms with van der Waals surface area (Å²) in [6.45, 7) is 3.64. The van der Waals surface area contributed by atoms with Crippen LogP contribution in [0, 0.1) is 11.6 Å². The molecule has 86 valence electrons. The number of benzene rings is 1. The molecule has 0 aliphatic heterocycles. The van der Waals surface area contributed by atoms with Crippen molar-refractivity contribution in [3.05, 3.63) is 42.0 Å². The summed E-state index contributed by atoms with van der Waals surface area (Å²) in [5.74, 6) is -2.66. The van der Waals surface area contributed by atoms with E-state index in [9.17, 15) is 13.6 Å². The first kappa shape index (κ1) is 12.2. The second-order valence-electron chi connectivity index (χ2n) is 3.33. The number of nitrogen functional groups attached to an aromatic ring is 1. The summed E-state index contributed by atoms with van der Waals surface area (Å²) in [7, 11) is 1.43. The van der Waals surface area contributed by atoms with Crippen molar-refractivity contribution in [3.63, 3.8) is 0 Å². The van der Waals surface area contributed by atoms with Crippen LogP contribution in [0.25, 0.3) is 0 Å². The predicted octanol–water partition coefficient (Wildman–Crippen LogP) is 1.80. The predicted molar refractivity (Wildman–Crippen MR) is 57.9 cm³/mol. The van der Waals surface area contributed by atoms with Gasteiger partial charge < -0.3 is 10.6 Å². The molecule has 3 nitrogen and oxygen atoms in total. The molecular formula is C11H12F2N2O. The molecule has 16 heavy (non-hydrogen) atoms. The van der Waals surface area contributed by atoms with Gasteiger partial charge in [-0.05, 0) is 12.1 Å². The van der Waals surface area contributed by atoms with E-state index in [0.29, 0.717) is 0 Å². The molecule has 0 heterocycles. The van der Waals surface area contributed by atoms with Crippen LogP contribution in [0.4, 0.5) is 14.5 Å². The van der Waals surface area contributed by atoms with E-state index in [0.717, 1.165) is 17.0 Å². The van der Waals surface area contributed by atoms with Gasteiger partial charge in [0.15, 0.2) is 0 Å². The van der Waals surface area contributed by atoms with Crippen LogP contribution >= 0.6 is 0 Å². The lowest BCUT2D eigenvalue weighted by molar-refractivity contribution is 0.0800. The lowest BCUT2D eigenvalue weighted by atomic mass is 10.1. The number of nitrogens with two attached hydrogens (primary N) is 1. The van der Waals surface area contributed by atoms with Gasteiger partial charge in [0.25, 0.3) is 5.91 Å². The summed E-state index contributed by atoms with van der Waals surface area (Å²) >= 11 is 0. The van der Waals surface area contributed by atoms with Gasteiger partial charge >= 0.3 is 0 Å². The highest BCUT2D eigenvalue weighted by atomic mass is 19.1. The van der Waals surface area contributed by atoms with Crippen molar-refractivity contribution < 1.29 is 13.6 Å². The van der Waals surface area contributed by atoms with Gasteiger partial charge in [0.1, 0.15) is 17.2 Å². The molecule has 0 aliphatic carbocycles. The number of halogens is 2. The molecule has 5 heteroatoms. The smallest absolute Gasteiger partial charge is 0.259 e. The zero-order chi connectivity index (χ0) is 12.3. The first-order chi connectivity index (χ1) is 7.47. The fourth-order valence-corrected chi connectivity index (χ4v) is 1.26. The number of hydrogen-bond acceptors (Lipinski definition) is 2. The maximum Gasteiger partial charge on any atom is 0.259 e. The van der Waals surface area contributed by atoms with Crippen molar-refractivity contribution in [1.29, 1.82) is 0 Å². The molecule has 1 aromatic rings. The number of anilines is 1. The summed E-state index contributed by atoms with van der Waals surface area (Å²) in [6, 6.07) is 1.83. The highest BCUT2D eigenvalue weighted by molar-refractivity contribution is 5.95. The van der Waals surface area contributed by atoms with Gasteiger partial charge in [0, 0.05) is 19.3 Å². The second-order valence-corrected chi connectivity index (χ2v) is 3.33. The zero-order valence-electron chi connectivity index (χ0n) is 8.84. The van der Waals surface area contributed by atoms with Crippen molar-refractivity contribution in [2.45, 2.75) is 0 Å². The standard InChI is InChI=1S/C11H12F2N2O/c1-3-4-15(2)11(16)10-8(12)5-7(14)6-9(10)13/h3,5-6H,1,4,14H2,2H3. The van der Waals surface area contributed by atoms with E-state index in [1.807, 2.05) is 0 Å². The Bertz CT molecular complexity index is 409. The SMILES string of the molecule is C=CCN(C)C(=O)c1c(F)cc(N)cc1F. The average molecular weight is 226 g/mol.